The fourth-order valence-corrected chi connectivity index (χ4v) is 7.83. The van der Waals surface area contributed by atoms with E-state index in [4.69, 9.17) is 4.84 Å². The molecule has 29 heavy (non-hydrogen) atoms. The smallest absolute Gasteiger partial charge is 0.267 e. The Labute approximate surface area is 172 Å². The first-order valence-corrected chi connectivity index (χ1v) is 12.6. The third kappa shape index (κ3) is 4.08. The van der Waals surface area contributed by atoms with Gasteiger partial charge in [-0.05, 0) is 61.5 Å². The molecule has 4 unspecified atom stereocenters. The Hall–Kier alpha value is -1.47. The van der Waals surface area contributed by atoms with Crippen molar-refractivity contribution in [2.45, 2.75) is 68.9 Å². The van der Waals surface area contributed by atoms with Crippen molar-refractivity contribution in [2.24, 2.45) is 17.3 Å². The third-order valence-corrected chi connectivity index (χ3v) is 8.86. The second-order valence-electron chi connectivity index (χ2n) is 9.12. The van der Waals surface area contributed by atoms with Gasteiger partial charge in [-0.3, -0.25) is 9.63 Å². The van der Waals surface area contributed by atoms with Gasteiger partial charge in [0.2, 0.25) is 0 Å². The van der Waals surface area contributed by atoms with Crippen LogP contribution in [0, 0.1) is 17.3 Å². The van der Waals surface area contributed by atoms with E-state index in [1.807, 2.05) is 0 Å². The molecular formula is C22H30FNO4S. The first-order chi connectivity index (χ1) is 13.8. The molecule has 3 aliphatic rings. The van der Waals surface area contributed by atoms with E-state index in [-0.39, 0.29) is 5.92 Å². The quantitative estimate of drug-likeness (QED) is 0.730. The molecule has 0 bridgehead atoms. The van der Waals surface area contributed by atoms with Crippen LogP contribution in [0.4, 0.5) is 4.39 Å². The average molecular weight is 424 g/mol. The standard InChI is InChI=1S/C22H30FNO4S/c1-29(26,27)20-19(23)18(28-24-21(25)16-8-4-2-5-9-16)14-17(15-10-11-15)22(20)12-6-3-7-13-22/h2,4-5,8-9,15,17-20H,3,6-7,10-14H2,1H3,(H,24,25). The van der Waals surface area contributed by atoms with Gasteiger partial charge >= 0.3 is 0 Å². The van der Waals surface area contributed by atoms with Crippen molar-refractivity contribution in [2.75, 3.05) is 6.26 Å². The van der Waals surface area contributed by atoms with Gasteiger partial charge in [-0.15, -0.1) is 0 Å². The topological polar surface area (TPSA) is 72.5 Å². The summed E-state index contributed by atoms with van der Waals surface area (Å²) in [7, 11) is -3.61. The highest BCUT2D eigenvalue weighted by Gasteiger charge is 2.62. The predicted octanol–water partition coefficient (Wildman–Crippen LogP) is 3.85. The van der Waals surface area contributed by atoms with Crippen molar-refractivity contribution in [1.29, 1.82) is 0 Å². The second kappa shape index (κ2) is 7.99. The van der Waals surface area contributed by atoms with Crippen molar-refractivity contribution in [3.8, 4) is 0 Å². The van der Waals surface area contributed by atoms with Gasteiger partial charge in [0.25, 0.3) is 5.91 Å². The molecule has 3 fully saturated rings. The summed E-state index contributed by atoms with van der Waals surface area (Å²) in [6.45, 7) is 0. The van der Waals surface area contributed by atoms with Crippen LogP contribution in [0.5, 0.6) is 0 Å². The Morgan fingerprint density at radius 1 is 1.14 bits per heavy atom. The molecular weight excluding hydrogens is 393 g/mol. The molecule has 7 heteroatoms. The molecule has 1 aromatic rings. The summed E-state index contributed by atoms with van der Waals surface area (Å²) in [4.78, 5) is 17.9. The number of hydrogen-bond acceptors (Lipinski definition) is 4. The predicted molar refractivity (Wildman–Crippen MR) is 109 cm³/mol. The van der Waals surface area contributed by atoms with Crippen LogP contribution in [0.25, 0.3) is 0 Å². The highest BCUT2D eigenvalue weighted by atomic mass is 32.2. The Balaban J connectivity index is 1.57. The molecule has 0 aromatic heterocycles. The molecule has 1 N–H and O–H groups in total. The second-order valence-corrected chi connectivity index (χ2v) is 11.3. The molecule has 1 spiro atoms. The normalized spacial score (nSPS) is 32.1. The summed E-state index contributed by atoms with van der Waals surface area (Å²) in [5.41, 5.74) is 2.30. The van der Waals surface area contributed by atoms with E-state index < -0.39 is 38.7 Å². The Kier molecular flexibility index (Phi) is 5.73. The molecule has 0 radical (unpaired) electrons. The molecule has 0 saturated heterocycles. The zero-order chi connectivity index (χ0) is 20.6. The van der Waals surface area contributed by atoms with Crippen LogP contribution < -0.4 is 5.48 Å². The fourth-order valence-electron chi connectivity index (χ4n) is 5.92. The first-order valence-electron chi connectivity index (χ1n) is 10.7. The van der Waals surface area contributed by atoms with Gasteiger partial charge in [-0.25, -0.2) is 18.3 Å². The van der Waals surface area contributed by atoms with Crippen molar-refractivity contribution in [3.05, 3.63) is 35.9 Å². The minimum Gasteiger partial charge on any atom is -0.267 e. The number of alkyl halides is 1. The number of carbonyl (C=O) groups is 1. The summed E-state index contributed by atoms with van der Waals surface area (Å²) in [5, 5.41) is -1.06. The van der Waals surface area contributed by atoms with Gasteiger partial charge in [0.05, 0.1) is 0 Å². The molecule has 5 nitrogen and oxygen atoms in total. The lowest BCUT2D eigenvalue weighted by atomic mass is 9.56. The fraction of sp³-hybridized carbons (Fsp3) is 0.682. The number of carbonyl (C=O) groups excluding carboxylic acids is 1. The largest absolute Gasteiger partial charge is 0.274 e. The molecule has 4 atom stereocenters. The van der Waals surface area contributed by atoms with Crippen molar-refractivity contribution < 1.29 is 22.4 Å². The number of amides is 1. The van der Waals surface area contributed by atoms with Crippen LogP contribution in [-0.4, -0.2) is 38.1 Å². The lowest BCUT2D eigenvalue weighted by Crippen LogP contribution is -2.61. The molecule has 1 aromatic carbocycles. The van der Waals surface area contributed by atoms with Gasteiger partial charge < -0.3 is 0 Å². The molecule has 160 valence electrons. The molecule has 0 heterocycles. The number of benzene rings is 1. The average Bonchev–Trinajstić information content (AvgIpc) is 3.52. The monoisotopic (exact) mass is 423 g/mol. The number of hydroxylamine groups is 1. The van der Waals surface area contributed by atoms with E-state index in [1.54, 1.807) is 30.3 Å². The van der Waals surface area contributed by atoms with Crippen LogP contribution in [0.15, 0.2) is 30.3 Å². The Bertz CT molecular complexity index is 834. The van der Waals surface area contributed by atoms with Crippen molar-refractivity contribution >= 4 is 15.7 Å². The maximum Gasteiger partial charge on any atom is 0.274 e. The van der Waals surface area contributed by atoms with E-state index in [2.05, 4.69) is 5.48 Å². The van der Waals surface area contributed by atoms with Crippen molar-refractivity contribution in [3.63, 3.8) is 0 Å². The third-order valence-electron chi connectivity index (χ3n) is 7.21. The van der Waals surface area contributed by atoms with Gasteiger partial charge in [0.15, 0.2) is 9.84 Å². The van der Waals surface area contributed by atoms with E-state index in [9.17, 15) is 13.2 Å². The van der Waals surface area contributed by atoms with Crippen LogP contribution in [0.3, 0.4) is 0 Å². The SMILES string of the molecule is CS(=O)(=O)C1C(F)C(ONC(=O)c2ccccc2)CC(C2CC2)C12CCCCC2. The number of rotatable bonds is 5. The summed E-state index contributed by atoms with van der Waals surface area (Å²) >= 11 is 0. The number of nitrogens with one attached hydrogen (secondary N) is 1. The summed E-state index contributed by atoms with van der Waals surface area (Å²) in [5.74, 6) is 0.128. The molecule has 3 saturated carbocycles. The Morgan fingerprint density at radius 2 is 1.79 bits per heavy atom. The minimum atomic E-state index is -3.61. The van der Waals surface area contributed by atoms with Gasteiger partial charge in [0, 0.05) is 11.8 Å². The van der Waals surface area contributed by atoms with Crippen LogP contribution in [-0.2, 0) is 14.7 Å². The van der Waals surface area contributed by atoms with Gasteiger partial charge in [-0.2, -0.15) is 0 Å². The molecule has 0 aliphatic heterocycles. The van der Waals surface area contributed by atoms with Crippen molar-refractivity contribution in [1.82, 2.24) is 5.48 Å². The number of sulfone groups is 1. The highest BCUT2D eigenvalue weighted by molar-refractivity contribution is 7.91. The maximum atomic E-state index is 15.7. The van der Waals surface area contributed by atoms with Crippen LogP contribution >= 0.6 is 0 Å². The first kappa shape index (κ1) is 20.8. The summed E-state index contributed by atoms with van der Waals surface area (Å²) in [6, 6.07) is 8.58. The van der Waals surface area contributed by atoms with E-state index in [1.165, 1.54) is 0 Å². The van der Waals surface area contributed by atoms with Crippen LogP contribution in [0.1, 0.15) is 61.7 Å². The Morgan fingerprint density at radius 3 is 2.38 bits per heavy atom. The zero-order valence-corrected chi connectivity index (χ0v) is 17.7. The minimum absolute atomic E-state index is 0.133. The van der Waals surface area contributed by atoms with Crippen LogP contribution in [0.2, 0.25) is 0 Å². The van der Waals surface area contributed by atoms with Gasteiger partial charge in [0.1, 0.15) is 17.5 Å². The number of hydrogen-bond donors (Lipinski definition) is 1. The lowest BCUT2D eigenvalue weighted by molar-refractivity contribution is -0.121. The molecule has 1 amide bonds. The highest BCUT2D eigenvalue weighted by Crippen LogP contribution is 2.60. The summed E-state index contributed by atoms with van der Waals surface area (Å²) < 4.78 is 41.3. The van der Waals surface area contributed by atoms with Gasteiger partial charge in [-0.1, -0.05) is 37.5 Å². The molecule has 3 aliphatic carbocycles. The zero-order valence-electron chi connectivity index (χ0n) is 16.8. The van der Waals surface area contributed by atoms with E-state index in [0.717, 1.165) is 51.2 Å². The van der Waals surface area contributed by atoms with E-state index in [0.29, 0.717) is 17.9 Å². The lowest BCUT2D eigenvalue weighted by Gasteiger charge is -2.54. The van der Waals surface area contributed by atoms with E-state index >= 15 is 4.39 Å². The maximum absolute atomic E-state index is 15.7. The number of halogens is 1. The molecule has 4 rings (SSSR count). The summed E-state index contributed by atoms with van der Waals surface area (Å²) in [6.07, 6.45) is 5.73.